The van der Waals surface area contributed by atoms with Crippen molar-refractivity contribution in [3.05, 3.63) is 22.2 Å². The SMILES string of the molecule is COc1cc(Br)c(CN2CC3CCCNC3C2)cc1OC. The van der Waals surface area contributed by atoms with E-state index < -0.39 is 0 Å². The number of hydrogen-bond acceptors (Lipinski definition) is 4. The van der Waals surface area contributed by atoms with E-state index in [9.17, 15) is 0 Å². The maximum atomic E-state index is 5.41. The number of piperidine rings is 1. The van der Waals surface area contributed by atoms with Gasteiger partial charge in [0, 0.05) is 30.1 Å². The van der Waals surface area contributed by atoms with Crippen LogP contribution in [0.1, 0.15) is 18.4 Å². The summed E-state index contributed by atoms with van der Waals surface area (Å²) in [7, 11) is 3.35. The van der Waals surface area contributed by atoms with Gasteiger partial charge >= 0.3 is 0 Å². The lowest BCUT2D eigenvalue weighted by molar-refractivity contribution is 0.310. The van der Waals surface area contributed by atoms with E-state index in [0.717, 1.165) is 35.0 Å². The van der Waals surface area contributed by atoms with Crippen LogP contribution >= 0.6 is 15.9 Å². The molecule has 0 bridgehead atoms. The fourth-order valence-electron chi connectivity index (χ4n) is 3.52. The summed E-state index contributed by atoms with van der Waals surface area (Å²) in [6, 6.07) is 4.76. The number of nitrogens with one attached hydrogen (secondary N) is 1. The van der Waals surface area contributed by atoms with Crippen LogP contribution in [0.25, 0.3) is 0 Å². The van der Waals surface area contributed by atoms with Crippen molar-refractivity contribution >= 4 is 15.9 Å². The van der Waals surface area contributed by atoms with Crippen molar-refractivity contribution in [2.45, 2.75) is 25.4 Å². The molecule has 4 nitrogen and oxygen atoms in total. The molecule has 0 spiro atoms. The number of rotatable bonds is 4. The Bertz CT molecular complexity index is 495. The van der Waals surface area contributed by atoms with Crippen molar-refractivity contribution in [1.29, 1.82) is 0 Å². The molecule has 0 aromatic heterocycles. The van der Waals surface area contributed by atoms with Gasteiger partial charge in [0.25, 0.3) is 0 Å². The van der Waals surface area contributed by atoms with Crippen LogP contribution in [0, 0.1) is 5.92 Å². The van der Waals surface area contributed by atoms with Crippen LogP contribution in [-0.2, 0) is 6.54 Å². The van der Waals surface area contributed by atoms with Crippen LogP contribution < -0.4 is 14.8 Å². The Morgan fingerprint density at radius 1 is 1.24 bits per heavy atom. The Morgan fingerprint density at radius 3 is 2.71 bits per heavy atom. The van der Waals surface area contributed by atoms with Crippen LogP contribution in [0.5, 0.6) is 11.5 Å². The third-order valence-corrected chi connectivity index (χ3v) is 5.36. The molecule has 2 aliphatic rings. The van der Waals surface area contributed by atoms with E-state index in [4.69, 9.17) is 9.47 Å². The molecule has 0 radical (unpaired) electrons. The molecular weight excluding hydrogens is 332 g/mol. The van der Waals surface area contributed by atoms with E-state index in [1.807, 2.05) is 6.07 Å². The highest BCUT2D eigenvalue weighted by atomic mass is 79.9. The standard InChI is InChI=1S/C16H23BrN2O2/c1-20-15-6-12(13(17)7-16(15)21-2)9-19-8-11-4-3-5-18-14(11)10-19/h6-7,11,14,18H,3-5,8-10H2,1-2H3. The largest absolute Gasteiger partial charge is 0.493 e. The van der Waals surface area contributed by atoms with Gasteiger partial charge in [-0.05, 0) is 43.0 Å². The zero-order valence-electron chi connectivity index (χ0n) is 12.7. The summed E-state index contributed by atoms with van der Waals surface area (Å²) >= 11 is 3.66. The van der Waals surface area contributed by atoms with E-state index in [-0.39, 0.29) is 0 Å². The van der Waals surface area contributed by atoms with Gasteiger partial charge in [0.1, 0.15) is 0 Å². The van der Waals surface area contributed by atoms with E-state index in [2.05, 4.69) is 32.2 Å². The van der Waals surface area contributed by atoms with Gasteiger partial charge in [0.15, 0.2) is 11.5 Å². The quantitative estimate of drug-likeness (QED) is 0.901. The fourth-order valence-corrected chi connectivity index (χ4v) is 3.97. The number of halogens is 1. The number of fused-ring (bicyclic) bond motifs is 1. The highest BCUT2D eigenvalue weighted by Crippen LogP contribution is 2.35. The molecule has 3 rings (SSSR count). The van der Waals surface area contributed by atoms with Crippen LogP contribution in [0.15, 0.2) is 16.6 Å². The molecule has 116 valence electrons. The van der Waals surface area contributed by atoms with Crippen molar-refractivity contribution in [3.63, 3.8) is 0 Å². The van der Waals surface area contributed by atoms with Crippen LogP contribution in [0.4, 0.5) is 0 Å². The summed E-state index contributed by atoms with van der Waals surface area (Å²) in [5.41, 5.74) is 1.26. The number of nitrogens with zero attached hydrogens (tertiary/aromatic N) is 1. The van der Waals surface area contributed by atoms with Crippen molar-refractivity contribution in [2.24, 2.45) is 5.92 Å². The first kappa shape index (κ1) is 15.1. The monoisotopic (exact) mass is 354 g/mol. The van der Waals surface area contributed by atoms with Gasteiger partial charge in [-0.1, -0.05) is 15.9 Å². The van der Waals surface area contributed by atoms with E-state index >= 15 is 0 Å². The molecular formula is C16H23BrN2O2. The summed E-state index contributed by atoms with van der Waals surface area (Å²) in [5.74, 6) is 2.38. The van der Waals surface area contributed by atoms with Crippen molar-refractivity contribution < 1.29 is 9.47 Å². The topological polar surface area (TPSA) is 33.7 Å². The first-order valence-corrected chi connectivity index (χ1v) is 8.36. The number of hydrogen-bond donors (Lipinski definition) is 1. The molecule has 2 fully saturated rings. The number of likely N-dealkylation sites (tertiary alicyclic amines) is 1. The van der Waals surface area contributed by atoms with Gasteiger partial charge in [-0.2, -0.15) is 0 Å². The molecule has 2 heterocycles. The lowest BCUT2D eigenvalue weighted by atomic mass is 9.94. The van der Waals surface area contributed by atoms with Gasteiger partial charge in [-0.15, -0.1) is 0 Å². The lowest BCUT2D eigenvalue weighted by Crippen LogP contribution is -2.40. The average molecular weight is 355 g/mol. The molecule has 2 aliphatic heterocycles. The Kier molecular flexibility index (Phi) is 4.72. The second-order valence-electron chi connectivity index (χ2n) is 5.96. The molecule has 0 saturated carbocycles. The summed E-state index contributed by atoms with van der Waals surface area (Å²) in [4.78, 5) is 2.54. The van der Waals surface area contributed by atoms with E-state index in [1.54, 1.807) is 14.2 Å². The Labute approximate surface area is 134 Å². The molecule has 5 heteroatoms. The number of benzene rings is 1. The Hall–Kier alpha value is -0.780. The predicted molar refractivity (Wildman–Crippen MR) is 87.0 cm³/mol. The zero-order valence-corrected chi connectivity index (χ0v) is 14.3. The fraction of sp³-hybridized carbons (Fsp3) is 0.625. The molecule has 1 aromatic carbocycles. The lowest BCUT2D eigenvalue weighted by Gasteiger charge is -2.24. The third kappa shape index (κ3) is 3.20. The summed E-state index contributed by atoms with van der Waals surface area (Å²) in [6.07, 6.45) is 2.68. The third-order valence-electron chi connectivity index (χ3n) is 4.62. The summed E-state index contributed by atoms with van der Waals surface area (Å²) in [6.45, 7) is 4.47. The summed E-state index contributed by atoms with van der Waals surface area (Å²) in [5, 5.41) is 3.65. The highest BCUT2D eigenvalue weighted by Gasteiger charge is 2.34. The van der Waals surface area contributed by atoms with Gasteiger partial charge in [-0.3, -0.25) is 4.90 Å². The molecule has 21 heavy (non-hydrogen) atoms. The number of ether oxygens (including phenoxy) is 2. The van der Waals surface area contributed by atoms with Gasteiger partial charge < -0.3 is 14.8 Å². The molecule has 2 unspecified atom stereocenters. The Morgan fingerprint density at radius 2 is 2.00 bits per heavy atom. The number of methoxy groups -OCH3 is 2. The minimum Gasteiger partial charge on any atom is -0.493 e. The minimum absolute atomic E-state index is 0.678. The molecule has 1 N–H and O–H groups in total. The molecule has 0 aliphatic carbocycles. The Balaban J connectivity index is 1.73. The first-order valence-electron chi connectivity index (χ1n) is 7.57. The van der Waals surface area contributed by atoms with Crippen molar-refractivity contribution in [1.82, 2.24) is 10.2 Å². The van der Waals surface area contributed by atoms with E-state index in [1.165, 1.54) is 31.5 Å². The van der Waals surface area contributed by atoms with Crippen LogP contribution in [-0.4, -0.2) is 44.8 Å². The van der Waals surface area contributed by atoms with Gasteiger partial charge in [0.05, 0.1) is 14.2 Å². The second-order valence-corrected chi connectivity index (χ2v) is 6.81. The molecule has 2 atom stereocenters. The zero-order chi connectivity index (χ0) is 14.8. The van der Waals surface area contributed by atoms with Gasteiger partial charge in [-0.25, -0.2) is 0 Å². The smallest absolute Gasteiger partial charge is 0.161 e. The highest BCUT2D eigenvalue weighted by molar-refractivity contribution is 9.10. The molecule has 0 amide bonds. The van der Waals surface area contributed by atoms with E-state index in [0.29, 0.717) is 6.04 Å². The average Bonchev–Trinajstić information content (AvgIpc) is 2.91. The molecule has 1 aromatic rings. The van der Waals surface area contributed by atoms with Gasteiger partial charge in [0.2, 0.25) is 0 Å². The second kappa shape index (κ2) is 6.55. The van der Waals surface area contributed by atoms with Crippen molar-refractivity contribution in [3.8, 4) is 11.5 Å². The maximum Gasteiger partial charge on any atom is 0.161 e. The summed E-state index contributed by atoms with van der Waals surface area (Å²) < 4.78 is 11.8. The van der Waals surface area contributed by atoms with Crippen LogP contribution in [0.2, 0.25) is 0 Å². The normalized spacial score (nSPS) is 25.7. The first-order chi connectivity index (χ1) is 10.2. The van der Waals surface area contributed by atoms with Crippen LogP contribution in [0.3, 0.4) is 0 Å². The van der Waals surface area contributed by atoms with Crippen molar-refractivity contribution in [2.75, 3.05) is 33.9 Å². The maximum absolute atomic E-state index is 5.41. The minimum atomic E-state index is 0.678. The molecule has 2 saturated heterocycles. The predicted octanol–water partition coefficient (Wildman–Crippen LogP) is 2.65.